The van der Waals surface area contributed by atoms with Crippen molar-refractivity contribution in [1.82, 2.24) is 14.5 Å². The molecule has 0 radical (unpaired) electrons. The van der Waals surface area contributed by atoms with E-state index in [4.69, 9.17) is 21.1 Å². The Balaban J connectivity index is 1.92. The first kappa shape index (κ1) is 22.8. The Kier molecular flexibility index (Phi) is 7.22. The maximum Gasteiger partial charge on any atom is 0.417 e. The van der Waals surface area contributed by atoms with Gasteiger partial charge < -0.3 is 14.0 Å². The van der Waals surface area contributed by atoms with Crippen LogP contribution in [-0.4, -0.2) is 35.0 Å². The molecule has 5 nitrogen and oxygen atoms in total. The van der Waals surface area contributed by atoms with Crippen LogP contribution in [0, 0.1) is 5.82 Å². The summed E-state index contributed by atoms with van der Waals surface area (Å²) in [5.74, 6) is -0.451. The van der Waals surface area contributed by atoms with E-state index in [9.17, 15) is 17.6 Å². The molecule has 0 saturated heterocycles. The highest BCUT2D eigenvalue weighted by Crippen LogP contribution is 2.37. The molecular formula is C19H18ClF4N3O2S. The summed E-state index contributed by atoms with van der Waals surface area (Å²) in [7, 11) is 3.06. The van der Waals surface area contributed by atoms with Gasteiger partial charge in [-0.2, -0.15) is 13.2 Å². The normalized spacial score (nSPS) is 12.3. The zero-order valence-corrected chi connectivity index (χ0v) is 17.6. The molecule has 30 heavy (non-hydrogen) atoms. The Hall–Kier alpha value is -1.88. The van der Waals surface area contributed by atoms with Gasteiger partial charge in [0.05, 0.1) is 16.1 Å². The molecule has 0 fully saturated rings. The Morgan fingerprint density at radius 3 is 2.60 bits per heavy atom. The lowest BCUT2D eigenvalue weighted by molar-refractivity contribution is -0.137. The molecule has 0 aliphatic rings. The van der Waals surface area contributed by atoms with Crippen LogP contribution < -0.4 is 0 Å². The van der Waals surface area contributed by atoms with E-state index in [1.165, 1.54) is 20.3 Å². The van der Waals surface area contributed by atoms with E-state index < -0.39 is 23.8 Å². The summed E-state index contributed by atoms with van der Waals surface area (Å²) in [5, 5.41) is 0.358. The molecule has 0 aliphatic heterocycles. The second-order valence-electron chi connectivity index (χ2n) is 6.31. The molecule has 3 aromatic rings. The van der Waals surface area contributed by atoms with E-state index in [0.29, 0.717) is 41.8 Å². The third-order valence-electron chi connectivity index (χ3n) is 4.35. The third kappa shape index (κ3) is 5.05. The van der Waals surface area contributed by atoms with E-state index in [1.54, 1.807) is 16.7 Å². The average molecular weight is 464 g/mol. The smallest absolute Gasteiger partial charge is 0.356 e. The maximum absolute atomic E-state index is 14.5. The number of aromatic nitrogens is 3. The van der Waals surface area contributed by atoms with Crippen LogP contribution >= 0.6 is 23.4 Å². The van der Waals surface area contributed by atoms with Crippen molar-refractivity contribution in [1.29, 1.82) is 0 Å². The first-order valence-electron chi connectivity index (χ1n) is 8.85. The van der Waals surface area contributed by atoms with Crippen molar-refractivity contribution >= 4 is 34.4 Å². The molecule has 2 aromatic heterocycles. The summed E-state index contributed by atoms with van der Waals surface area (Å²) >= 11 is 7.00. The highest BCUT2D eigenvalue weighted by atomic mass is 35.5. The number of alkyl halides is 3. The number of imidazole rings is 1. The van der Waals surface area contributed by atoms with E-state index in [-0.39, 0.29) is 10.0 Å². The van der Waals surface area contributed by atoms with Crippen molar-refractivity contribution in [3.63, 3.8) is 0 Å². The van der Waals surface area contributed by atoms with Crippen molar-refractivity contribution in [2.45, 2.75) is 42.0 Å². The minimum absolute atomic E-state index is 0.147. The SMILES string of the molecule is COC(CCCn1c(Sc2ncc(C(F)(F)F)cc2Cl)nc2cccc(F)c21)OC. The van der Waals surface area contributed by atoms with Gasteiger partial charge in [0, 0.05) is 33.4 Å². The van der Waals surface area contributed by atoms with Gasteiger partial charge in [0.25, 0.3) is 0 Å². The summed E-state index contributed by atoms with van der Waals surface area (Å²) in [6.07, 6.45) is -3.08. The summed E-state index contributed by atoms with van der Waals surface area (Å²) in [6, 6.07) is 5.34. The average Bonchev–Trinajstić information content (AvgIpc) is 3.04. The number of benzene rings is 1. The minimum Gasteiger partial charge on any atom is -0.356 e. The zero-order valence-electron chi connectivity index (χ0n) is 16.0. The lowest BCUT2D eigenvalue weighted by Crippen LogP contribution is -2.14. The summed E-state index contributed by atoms with van der Waals surface area (Å²) in [6.45, 7) is 0.390. The van der Waals surface area contributed by atoms with Gasteiger partial charge in [0.2, 0.25) is 0 Å². The number of aryl methyl sites for hydroxylation is 1. The fourth-order valence-corrected chi connectivity index (χ4v) is 4.05. The second kappa shape index (κ2) is 9.51. The molecule has 11 heteroatoms. The number of ether oxygens (including phenoxy) is 2. The van der Waals surface area contributed by atoms with Crippen molar-refractivity contribution in [2.24, 2.45) is 0 Å². The highest BCUT2D eigenvalue weighted by molar-refractivity contribution is 7.99. The van der Waals surface area contributed by atoms with Gasteiger partial charge in [0.15, 0.2) is 11.4 Å². The predicted molar refractivity (Wildman–Crippen MR) is 105 cm³/mol. The van der Waals surface area contributed by atoms with Crippen LogP contribution in [0.2, 0.25) is 5.02 Å². The predicted octanol–water partition coefficient (Wildman–Crippen LogP) is 5.79. The van der Waals surface area contributed by atoms with Crippen LogP contribution in [0.4, 0.5) is 17.6 Å². The Morgan fingerprint density at radius 2 is 1.97 bits per heavy atom. The zero-order chi connectivity index (χ0) is 21.9. The number of pyridine rings is 1. The van der Waals surface area contributed by atoms with Gasteiger partial charge in [-0.1, -0.05) is 17.7 Å². The second-order valence-corrected chi connectivity index (χ2v) is 7.67. The molecule has 0 aliphatic carbocycles. The van der Waals surface area contributed by atoms with Crippen LogP contribution in [-0.2, 0) is 22.2 Å². The highest BCUT2D eigenvalue weighted by Gasteiger charge is 2.32. The van der Waals surface area contributed by atoms with Gasteiger partial charge in [-0.15, -0.1) is 0 Å². The first-order chi connectivity index (χ1) is 14.2. The van der Waals surface area contributed by atoms with E-state index in [0.717, 1.165) is 17.8 Å². The van der Waals surface area contributed by atoms with Crippen molar-refractivity contribution in [2.75, 3.05) is 14.2 Å². The van der Waals surface area contributed by atoms with Gasteiger partial charge >= 0.3 is 6.18 Å². The molecule has 162 valence electrons. The number of hydrogen-bond donors (Lipinski definition) is 0. The number of para-hydroxylation sites is 1. The van der Waals surface area contributed by atoms with Gasteiger partial charge in [-0.05, 0) is 36.4 Å². The summed E-state index contributed by atoms with van der Waals surface area (Å²) < 4.78 is 65.0. The standard InChI is InChI=1S/C19H18ClF4N3O2S/c1-28-15(29-2)7-4-8-27-16-13(21)5-3-6-14(16)26-18(27)30-17-12(20)9-11(10-25-17)19(22,23)24/h3,5-6,9-10,15H,4,7-8H2,1-2H3. The monoisotopic (exact) mass is 463 g/mol. The maximum atomic E-state index is 14.5. The van der Waals surface area contributed by atoms with Gasteiger partial charge in [-0.3, -0.25) is 0 Å². The molecule has 2 heterocycles. The summed E-state index contributed by atoms with van der Waals surface area (Å²) in [4.78, 5) is 8.25. The Bertz CT molecular complexity index is 1020. The summed E-state index contributed by atoms with van der Waals surface area (Å²) in [5.41, 5.74) is -0.216. The molecule has 0 amide bonds. The van der Waals surface area contributed by atoms with Gasteiger partial charge in [-0.25, -0.2) is 14.4 Å². The number of fused-ring (bicyclic) bond motifs is 1. The molecule has 3 rings (SSSR count). The van der Waals surface area contributed by atoms with Crippen LogP contribution in [0.25, 0.3) is 11.0 Å². The molecule has 1 aromatic carbocycles. The first-order valence-corrected chi connectivity index (χ1v) is 10.0. The number of nitrogens with zero attached hydrogens (tertiary/aromatic N) is 3. The fourth-order valence-electron chi connectivity index (χ4n) is 2.90. The molecule has 0 saturated carbocycles. The largest absolute Gasteiger partial charge is 0.417 e. The molecule has 0 N–H and O–H groups in total. The van der Waals surface area contributed by atoms with Crippen LogP contribution in [0.15, 0.2) is 40.6 Å². The van der Waals surface area contributed by atoms with Crippen molar-refractivity contribution in [3.8, 4) is 0 Å². The Labute approximate surface area is 179 Å². The van der Waals surface area contributed by atoms with Crippen LogP contribution in [0.5, 0.6) is 0 Å². The molecule has 0 atom stereocenters. The molecule has 0 unspecified atom stereocenters. The Morgan fingerprint density at radius 1 is 1.23 bits per heavy atom. The minimum atomic E-state index is -4.55. The quantitative estimate of drug-likeness (QED) is 0.312. The number of halogens is 5. The van der Waals surface area contributed by atoms with Gasteiger partial charge in [0.1, 0.15) is 16.4 Å². The molecule has 0 bridgehead atoms. The van der Waals surface area contributed by atoms with Crippen LogP contribution in [0.1, 0.15) is 18.4 Å². The van der Waals surface area contributed by atoms with E-state index in [2.05, 4.69) is 9.97 Å². The lowest BCUT2D eigenvalue weighted by atomic mass is 10.2. The van der Waals surface area contributed by atoms with E-state index in [1.807, 2.05) is 0 Å². The lowest BCUT2D eigenvalue weighted by Gasteiger charge is -2.14. The fraction of sp³-hybridized carbons (Fsp3) is 0.368. The molecule has 0 spiro atoms. The van der Waals surface area contributed by atoms with Crippen LogP contribution in [0.3, 0.4) is 0 Å². The van der Waals surface area contributed by atoms with Crippen molar-refractivity contribution in [3.05, 3.63) is 46.9 Å². The number of hydrogen-bond acceptors (Lipinski definition) is 5. The third-order valence-corrected chi connectivity index (χ3v) is 5.77. The van der Waals surface area contributed by atoms with Crippen molar-refractivity contribution < 1.29 is 27.0 Å². The molecular weight excluding hydrogens is 446 g/mol. The number of methoxy groups -OCH3 is 2. The number of rotatable bonds is 8. The topological polar surface area (TPSA) is 49.2 Å². The van der Waals surface area contributed by atoms with E-state index >= 15 is 0 Å².